The molecule has 1 aromatic carbocycles. The van der Waals surface area contributed by atoms with Gasteiger partial charge in [-0.15, -0.1) is 0 Å². The molecule has 0 aliphatic carbocycles. The molecule has 27 heavy (non-hydrogen) atoms. The summed E-state index contributed by atoms with van der Waals surface area (Å²) >= 11 is 0. The third kappa shape index (κ3) is 7.86. The standard InChI is InChI=1S/C20H31NO6/c1-14(2)26-18(22)17(12-15-8-10-16(25-7)11-9-15)21(13-24-6)19(23)27-20(3,4)5/h8-11,14,17H,12-13H2,1-7H3/t17-/m0/s1. The molecule has 0 spiro atoms. The summed E-state index contributed by atoms with van der Waals surface area (Å²) in [5, 5.41) is 0. The molecular weight excluding hydrogens is 350 g/mol. The Kier molecular flexibility index (Phi) is 8.56. The van der Waals surface area contributed by atoms with Crippen molar-refractivity contribution in [3.63, 3.8) is 0 Å². The first-order valence-corrected chi connectivity index (χ1v) is 8.89. The van der Waals surface area contributed by atoms with Crippen LogP contribution >= 0.6 is 0 Å². The molecule has 0 bridgehead atoms. The summed E-state index contributed by atoms with van der Waals surface area (Å²) in [5.41, 5.74) is 0.154. The molecule has 0 radical (unpaired) electrons. The summed E-state index contributed by atoms with van der Waals surface area (Å²) in [6, 6.07) is 6.40. The largest absolute Gasteiger partial charge is 0.497 e. The van der Waals surface area contributed by atoms with E-state index in [4.69, 9.17) is 18.9 Å². The van der Waals surface area contributed by atoms with Crippen LogP contribution in [0.15, 0.2) is 24.3 Å². The van der Waals surface area contributed by atoms with E-state index in [1.54, 1.807) is 53.9 Å². The van der Waals surface area contributed by atoms with Gasteiger partial charge in [-0.3, -0.25) is 4.90 Å². The summed E-state index contributed by atoms with van der Waals surface area (Å²) in [5.74, 6) is 0.199. The third-order valence-corrected chi connectivity index (χ3v) is 3.48. The van der Waals surface area contributed by atoms with Gasteiger partial charge in [0.2, 0.25) is 0 Å². The molecule has 0 unspecified atom stereocenters. The fraction of sp³-hybridized carbons (Fsp3) is 0.600. The predicted molar refractivity (Wildman–Crippen MR) is 102 cm³/mol. The Morgan fingerprint density at radius 2 is 1.67 bits per heavy atom. The fourth-order valence-corrected chi connectivity index (χ4v) is 2.35. The molecule has 0 fully saturated rings. The summed E-state index contributed by atoms with van der Waals surface area (Å²) < 4.78 is 21.1. The van der Waals surface area contributed by atoms with Crippen LogP contribution in [-0.2, 0) is 25.4 Å². The van der Waals surface area contributed by atoms with Gasteiger partial charge in [-0.05, 0) is 52.3 Å². The first-order valence-electron chi connectivity index (χ1n) is 8.89. The van der Waals surface area contributed by atoms with Crippen LogP contribution in [0.5, 0.6) is 5.75 Å². The first-order chi connectivity index (χ1) is 12.6. The molecule has 152 valence electrons. The van der Waals surface area contributed by atoms with Crippen molar-refractivity contribution in [2.24, 2.45) is 0 Å². The number of methoxy groups -OCH3 is 2. The van der Waals surface area contributed by atoms with Crippen LogP contribution in [0.3, 0.4) is 0 Å². The Labute approximate surface area is 161 Å². The lowest BCUT2D eigenvalue weighted by Crippen LogP contribution is -2.50. The van der Waals surface area contributed by atoms with E-state index < -0.39 is 23.7 Å². The molecule has 7 heteroatoms. The summed E-state index contributed by atoms with van der Waals surface area (Å²) in [7, 11) is 3.04. The molecule has 1 amide bonds. The number of ether oxygens (including phenoxy) is 4. The molecule has 1 atom stereocenters. The minimum absolute atomic E-state index is 0.0943. The smallest absolute Gasteiger partial charge is 0.412 e. The Hall–Kier alpha value is -2.28. The number of esters is 1. The highest BCUT2D eigenvalue weighted by Gasteiger charge is 2.34. The number of amides is 1. The Morgan fingerprint density at radius 1 is 1.07 bits per heavy atom. The molecule has 0 aromatic heterocycles. The average molecular weight is 381 g/mol. The van der Waals surface area contributed by atoms with Crippen LogP contribution in [0.1, 0.15) is 40.2 Å². The maximum Gasteiger partial charge on any atom is 0.412 e. The second-order valence-electron chi connectivity index (χ2n) is 7.42. The monoisotopic (exact) mass is 381 g/mol. The van der Waals surface area contributed by atoms with Crippen LogP contribution in [0.2, 0.25) is 0 Å². The number of hydrogen-bond acceptors (Lipinski definition) is 6. The van der Waals surface area contributed by atoms with Gasteiger partial charge < -0.3 is 18.9 Å². The van der Waals surface area contributed by atoms with E-state index >= 15 is 0 Å². The topological polar surface area (TPSA) is 74.3 Å². The van der Waals surface area contributed by atoms with Crippen LogP contribution in [0.4, 0.5) is 4.79 Å². The molecule has 1 aromatic rings. The minimum Gasteiger partial charge on any atom is -0.497 e. The molecule has 0 saturated heterocycles. The molecule has 0 heterocycles. The molecule has 0 N–H and O–H groups in total. The van der Waals surface area contributed by atoms with Crippen molar-refractivity contribution in [3.05, 3.63) is 29.8 Å². The lowest BCUT2D eigenvalue weighted by atomic mass is 10.0. The third-order valence-electron chi connectivity index (χ3n) is 3.48. The average Bonchev–Trinajstić information content (AvgIpc) is 2.56. The van der Waals surface area contributed by atoms with Gasteiger partial charge in [-0.2, -0.15) is 0 Å². The van der Waals surface area contributed by atoms with Crippen molar-refractivity contribution in [2.45, 2.75) is 58.8 Å². The van der Waals surface area contributed by atoms with E-state index in [9.17, 15) is 9.59 Å². The quantitative estimate of drug-likeness (QED) is 0.508. The molecule has 0 saturated carbocycles. The normalized spacial score (nSPS) is 12.4. The molecule has 7 nitrogen and oxygen atoms in total. The number of carbonyl (C=O) groups excluding carboxylic acids is 2. The van der Waals surface area contributed by atoms with Gasteiger partial charge in [0.25, 0.3) is 0 Å². The number of carbonyl (C=O) groups is 2. The maximum atomic E-state index is 12.7. The van der Waals surface area contributed by atoms with Gasteiger partial charge in [0.05, 0.1) is 13.2 Å². The predicted octanol–water partition coefficient (Wildman–Crippen LogP) is 3.40. The molecular formula is C20H31NO6. The summed E-state index contributed by atoms with van der Waals surface area (Å²) in [6.07, 6.45) is -0.680. The van der Waals surface area contributed by atoms with Crippen LogP contribution in [0.25, 0.3) is 0 Å². The molecule has 0 aliphatic rings. The summed E-state index contributed by atoms with van der Waals surface area (Å²) in [4.78, 5) is 26.6. The van der Waals surface area contributed by atoms with Crippen molar-refractivity contribution >= 4 is 12.1 Å². The van der Waals surface area contributed by atoms with E-state index in [-0.39, 0.29) is 19.3 Å². The zero-order valence-corrected chi connectivity index (χ0v) is 17.3. The highest BCUT2D eigenvalue weighted by molar-refractivity contribution is 5.82. The van der Waals surface area contributed by atoms with Crippen molar-refractivity contribution in [1.82, 2.24) is 4.90 Å². The summed E-state index contributed by atoms with van der Waals surface area (Å²) in [6.45, 7) is 8.72. The van der Waals surface area contributed by atoms with Crippen molar-refractivity contribution in [1.29, 1.82) is 0 Å². The number of hydrogen-bond donors (Lipinski definition) is 0. The zero-order valence-electron chi connectivity index (χ0n) is 17.3. The van der Waals surface area contributed by atoms with Gasteiger partial charge >= 0.3 is 12.1 Å². The fourth-order valence-electron chi connectivity index (χ4n) is 2.35. The van der Waals surface area contributed by atoms with Crippen molar-refractivity contribution < 1.29 is 28.5 Å². The van der Waals surface area contributed by atoms with E-state index in [0.29, 0.717) is 5.75 Å². The SMILES string of the molecule is COCN(C(=O)OC(C)(C)C)[C@@H](Cc1ccc(OC)cc1)C(=O)OC(C)C. The molecule has 1 rings (SSSR count). The van der Waals surface area contributed by atoms with Crippen LogP contribution in [-0.4, -0.2) is 55.7 Å². The zero-order chi connectivity index (χ0) is 20.6. The Balaban J connectivity index is 3.14. The van der Waals surface area contributed by atoms with E-state index in [2.05, 4.69) is 0 Å². The van der Waals surface area contributed by atoms with E-state index in [1.807, 2.05) is 12.1 Å². The van der Waals surface area contributed by atoms with Gasteiger partial charge in [0.1, 0.15) is 24.1 Å². The van der Waals surface area contributed by atoms with Gasteiger partial charge in [0.15, 0.2) is 0 Å². The van der Waals surface area contributed by atoms with Gasteiger partial charge in [-0.25, -0.2) is 9.59 Å². The second-order valence-corrected chi connectivity index (χ2v) is 7.42. The van der Waals surface area contributed by atoms with E-state index in [1.165, 1.54) is 12.0 Å². The number of benzene rings is 1. The van der Waals surface area contributed by atoms with Crippen LogP contribution < -0.4 is 4.74 Å². The first kappa shape index (κ1) is 22.8. The van der Waals surface area contributed by atoms with Crippen molar-refractivity contribution in [2.75, 3.05) is 21.0 Å². The van der Waals surface area contributed by atoms with E-state index in [0.717, 1.165) is 5.56 Å². The number of nitrogens with zero attached hydrogens (tertiary/aromatic N) is 1. The van der Waals surface area contributed by atoms with Crippen LogP contribution in [0, 0.1) is 0 Å². The lowest BCUT2D eigenvalue weighted by molar-refractivity contribution is -0.155. The molecule has 0 aliphatic heterocycles. The van der Waals surface area contributed by atoms with Crippen molar-refractivity contribution in [3.8, 4) is 5.75 Å². The van der Waals surface area contributed by atoms with Gasteiger partial charge in [-0.1, -0.05) is 12.1 Å². The van der Waals surface area contributed by atoms with Gasteiger partial charge in [0, 0.05) is 13.5 Å². The lowest BCUT2D eigenvalue weighted by Gasteiger charge is -2.32. The number of rotatable bonds is 8. The maximum absolute atomic E-state index is 12.7. The second kappa shape index (κ2) is 10.2. The Morgan fingerprint density at radius 3 is 2.11 bits per heavy atom. The highest BCUT2D eigenvalue weighted by Crippen LogP contribution is 2.19. The minimum atomic E-state index is -0.879. The Bertz CT molecular complexity index is 606. The highest BCUT2D eigenvalue weighted by atomic mass is 16.6.